The Bertz CT molecular complexity index is 586. The first-order valence-corrected chi connectivity index (χ1v) is 6.26. The maximum Gasteiger partial charge on any atom is 0.372 e. The molecular weight excluding hydrogens is 258 g/mol. The lowest BCUT2D eigenvalue weighted by Crippen LogP contribution is -2.12. The summed E-state index contributed by atoms with van der Waals surface area (Å²) < 4.78 is 10.4. The van der Waals surface area contributed by atoms with Crippen molar-refractivity contribution < 1.29 is 19.1 Å². The Morgan fingerprint density at radius 3 is 2.55 bits per heavy atom. The predicted octanol–water partition coefficient (Wildman–Crippen LogP) is 2.58. The normalized spacial score (nSPS) is 10.5. The van der Waals surface area contributed by atoms with Gasteiger partial charge in [-0.3, -0.25) is 0 Å². The molecule has 0 fully saturated rings. The number of hydrogen-bond acceptors (Lipinski definition) is 4. The fourth-order valence-corrected chi connectivity index (χ4v) is 1.92. The number of carbonyl (C=O) groups is 1. The summed E-state index contributed by atoms with van der Waals surface area (Å²) in [6.07, 6.45) is 0. The monoisotopic (exact) mass is 275 g/mol. The minimum Gasteiger partial charge on any atom is -0.497 e. The van der Waals surface area contributed by atoms with Crippen LogP contribution in [0.15, 0.2) is 34.7 Å². The first-order valence-electron chi connectivity index (χ1n) is 6.26. The molecule has 2 aromatic rings. The van der Waals surface area contributed by atoms with Crippen molar-refractivity contribution in [3.63, 3.8) is 0 Å². The Kier molecular flexibility index (Phi) is 4.42. The molecule has 1 heterocycles. The molecule has 0 unspecified atom stereocenters. The summed E-state index contributed by atoms with van der Waals surface area (Å²) in [7, 11) is 1.63. The number of furan rings is 1. The maximum absolute atomic E-state index is 10.9. The zero-order chi connectivity index (χ0) is 14.5. The molecule has 0 aliphatic heterocycles. The van der Waals surface area contributed by atoms with E-state index in [9.17, 15) is 4.79 Å². The third kappa shape index (κ3) is 3.39. The Hall–Kier alpha value is -2.27. The highest BCUT2D eigenvalue weighted by molar-refractivity contribution is 5.86. The van der Waals surface area contributed by atoms with E-state index in [0.717, 1.165) is 11.3 Å². The van der Waals surface area contributed by atoms with E-state index in [1.165, 1.54) is 0 Å². The Morgan fingerprint density at radius 2 is 2.00 bits per heavy atom. The van der Waals surface area contributed by atoms with Crippen molar-refractivity contribution in [3.05, 3.63) is 53.0 Å². The molecule has 106 valence electrons. The first kappa shape index (κ1) is 14.1. The molecule has 5 heteroatoms. The van der Waals surface area contributed by atoms with E-state index < -0.39 is 5.97 Å². The zero-order valence-corrected chi connectivity index (χ0v) is 11.5. The second-order valence-corrected chi connectivity index (χ2v) is 4.48. The van der Waals surface area contributed by atoms with Gasteiger partial charge in [0.25, 0.3) is 0 Å². The van der Waals surface area contributed by atoms with Crippen LogP contribution in [0, 0.1) is 6.92 Å². The van der Waals surface area contributed by atoms with Crippen molar-refractivity contribution in [2.24, 2.45) is 0 Å². The van der Waals surface area contributed by atoms with Crippen LogP contribution in [0.2, 0.25) is 0 Å². The summed E-state index contributed by atoms with van der Waals surface area (Å²) in [5.74, 6) is 0.407. The molecule has 0 radical (unpaired) electrons. The molecular formula is C15H17NO4. The molecule has 0 bridgehead atoms. The number of hydrogen-bond donors (Lipinski definition) is 2. The van der Waals surface area contributed by atoms with Gasteiger partial charge in [-0.15, -0.1) is 0 Å². The first-order chi connectivity index (χ1) is 9.60. The van der Waals surface area contributed by atoms with Gasteiger partial charge in [-0.25, -0.2) is 4.79 Å². The van der Waals surface area contributed by atoms with Gasteiger partial charge >= 0.3 is 5.97 Å². The van der Waals surface area contributed by atoms with E-state index in [0.29, 0.717) is 24.4 Å². The molecule has 2 N–H and O–H groups in total. The molecule has 2 rings (SSSR count). The SMILES string of the molecule is COc1ccc(CNCc2cc(C)c(C(=O)O)o2)cc1. The van der Waals surface area contributed by atoms with Gasteiger partial charge in [0, 0.05) is 12.1 Å². The number of carboxylic acids is 1. The highest BCUT2D eigenvalue weighted by Gasteiger charge is 2.13. The number of carboxylic acid groups (broad SMARTS) is 1. The fourth-order valence-electron chi connectivity index (χ4n) is 1.92. The summed E-state index contributed by atoms with van der Waals surface area (Å²) in [4.78, 5) is 10.9. The number of aromatic carboxylic acids is 1. The van der Waals surface area contributed by atoms with E-state index in [-0.39, 0.29) is 5.76 Å². The van der Waals surface area contributed by atoms with Gasteiger partial charge in [-0.05, 0) is 30.7 Å². The molecule has 0 saturated heterocycles. The van der Waals surface area contributed by atoms with Gasteiger partial charge in [0.05, 0.1) is 13.7 Å². The zero-order valence-electron chi connectivity index (χ0n) is 11.5. The number of benzene rings is 1. The molecule has 0 spiro atoms. The van der Waals surface area contributed by atoms with Crippen LogP contribution in [0.3, 0.4) is 0 Å². The van der Waals surface area contributed by atoms with Crippen molar-refractivity contribution >= 4 is 5.97 Å². The van der Waals surface area contributed by atoms with Gasteiger partial charge in [0.2, 0.25) is 5.76 Å². The smallest absolute Gasteiger partial charge is 0.372 e. The second-order valence-electron chi connectivity index (χ2n) is 4.48. The predicted molar refractivity (Wildman–Crippen MR) is 73.9 cm³/mol. The minimum absolute atomic E-state index is 0.00578. The van der Waals surface area contributed by atoms with Crippen LogP contribution in [0.5, 0.6) is 5.75 Å². The average Bonchev–Trinajstić information content (AvgIpc) is 2.81. The molecule has 0 aliphatic rings. The Balaban J connectivity index is 1.89. The Labute approximate surface area is 117 Å². The van der Waals surface area contributed by atoms with Gasteiger partial charge in [0.1, 0.15) is 11.5 Å². The van der Waals surface area contributed by atoms with Crippen LogP contribution >= 0.6 is 0 Å². The summed E-state index contributed by atoms with van der Waals surface area (Å²) >= 11 is 0. The maximum atomic E-state index is 10.9. The number of nitrogens with one attached hydrogen (secondary N) is 1. The molecule has 0 amide bonds. The van der Waals surface area contributed by atoms with E-state index in [2.05, 4.69) is 5.32 Å². The third-order valence-electron chi connectivity index (χ3n) is 2.95. The minimum atomic E-state index is -1.04. The van der Waals surface area contributed by atoms with Crippen molar-refractivity contribution in [3.8, 4) is 5.75 Å². The van der Waals surface area contributed by atoms with Crippen LogP contribution in [0.25, 0.3) is 0 Å². The molecule has 0 saturated carbocycles. The summed E-state index contributed by atoms with van der Waals surface area (Å²) in [5.41, 5.74) is 1.76. The van der Waals surface area contributed by atoms with E-state index >= 15 is 0 Å². The van der Waals surface area contributed by atoms with Gasteiger partial charge in [0.15, 0.2) is 0 Å². The highest BCUT2D eigenvalue weighted by atomic mass is 16.5. The van der Waals surface area contributed by atoms with Crippen LogP contribution in [0.1, 0.15) is 27.4 Å². The summed E-state index contributed by atoms with van der Waals surface area (Å²) in [6, 6.07) is 9.49. The van der Waals surface area contributed by atoms with E-state index in [1.807, 2.05) is 24.3 Å². The lowest BCUT2D eigenvalue weighted by molar-refractivity contribution is 0.0659. The average molecular weight is 275 g/mol. The lowest BCUT2D eigenvalue weighted by Gasteiger charge is -2.04. The molecule has 1 aromatic heterocycles. The van der Waals surface area contributed by atoms with Crippen LogP contribution in [-0.2, 0) is 13.1 Å². The molecule has 1 aromatic carbocycles. The van der Waals surface area contributed by atoms with Crippen LogP contribution in [-0.4, -0.2) is 18.2 Å². The Morgan fingerprint density at radius 1 is 1.30 bits per heavy atom. The molecule has 0 aliphatic carbocycles. The third-order valence-corrected chi connectivity index (χ3v) is 2.95. The number of aryl methyl sites for hydroxylation is 1. The van der Waals surface area contributed by atoms with Gasteiger partial charge < -0.3 is 19.6 Å². The standard InChI is InChI=1S/C15H17NO4/c1-10-7-13(20-14(10)15(17)18)9-16-8-11-3-5-12(19-2)6-4-11/h3-7,16H,8-9H2,1-2H3,(H,17,18). The highest BCUT2D eigenvalue weighted by Crippen LogP contribution is 2.15. The van der Waals surface area contributed by atoms with Crippen LogP contribution in [0.4, 0.5) is 0 Å². The van der Waals surface area contributed by atoms with Gasteiger partial charge in [-0.1, -0.05) is 12.1 Å². The summed E-state index contributed by atoms with van der Waals surface area (Å²) in [5, 5.41) is 12.1. The van der Waals surface area contributed by atoms with E-state index in [4.69, 9.17) is 14.3 Å². The van der Waals surface area contributed by atoms with Crippen molar-refractivity contribution in [2.75, 3.05) is 7.11 Å². The molecule has 20 heavy (non-hydrogen) atoms. The molecule has 0 atom stereocenters. The molecule has 5 nitrogen and oxygen atoms in total. The topological polar surface area (TPSA) is 71.7 Å². The van der Waals surface area contributed by atoms with E-state index in [1.54, 1.807) is 20.1 Å². The van der Waals surface area contributed by atoms with Crippen molar-refractivity contribution in [2.45, 2.75) is 20.0 Å². The lowest BCUT2D eigenvalue weighted by atomic mass is 10.2. The summed E-state index contributed by atoms with van der Waals surface area (Å²) in [6.45, 7) is 2.88. The number of methoxy groups -OCH3 is 1. The quantitative estimate of drug-likeness (QED) is 0.847. The van der Waals surface area contributed by atoms with Crippen LogP contribution < -0.4 is 10.1 Å². The fraction of sp³-hybridized carbons (Fsp3) is 0.267. The number of rotatable bonds is 6. The largest absolute Gasteiger partial charge is 0.497 e. The second kappa shape index (κ2) is 6.25. The van der Waals surface area contributed by atoms with Crippen molar-refractivity contribution in [1.29, 1.82) is 0 Å². The van der Waals surface area contributed by atoms with Crippen molar-refractivity contribution in [1.82, 2.24) is 5.32 Å². The van der Waals surface area contributed by atoms with Gasteiger partial charge in [-0.2, -0.15) is 0 Å². The number of ether oxygens (including phenoxy) is 1.